The standard InChI is InChI=1S/C25H27NO4S/c27-25(18-9-3-1-4-10-18)26(31(28,29)20-11-5-2-6-12-20)19-15-16-24-22(17-19)21-13-7-8-14-23(21)30-24/h2,5-6,11-12,15-18H,1,3-4,7-10,13-14H2. The molecule has 0 N–H and O–H groups in total. The third-order valence-electron chi connectivity index (χ3n) is 6.61. The van der Waals surface area contributed by atoms with Crippen LogP contribution in [-0.2, 0) is 27.7 Å². The van der Waals surface area contributed by atoms with Crippen molar-refractivity contribution in [1.29, 1.82) is 0 Å². The van der Waals surface area contributed by atoms with Crippen LogP contribution < -0.4 is 4.31 Å². The van der Waals surface area contributed by atoms with Gasteiger partial charge in [-0.2, -0.15) is 0 Å². The quantitative estimate of drug-likeness (QED) is 0.532. The van der Waals surface area contributed by atoms with Gasteiger partial charge in [-0.05, 0) is 62.4 Å². The highest BCUT2D eigenvalue weighted by Crippen LogP contribution is 2.37. The Kier molecular flexibility index (Phi) is 5.34. The summed E-state index contributed by atoms with van der Waals surface area (Å²) in [4.78, 5) is 13.7. The van der Waals surface area contributed by atoms with Crippen molar-refractivity contribution in [3.63, 3.8) is 0 Å². The highest BCUT2D eigenvalue weighted by molar-refractivity contribution is 7.93. The summed E-state index contributed by atoms with van der Waals surface area (Å²) in [7, 11) is -4.02. The molecule has 0 bridgehead atoms. The molecule has 2 aromatic carbocycles. The molecule has 1 aromatic heterocycles. The second-order valence-electron chi connectivity index (χ2n) is 8.65. The van der Waals surface area contributed by atoms with E-state index in [1.807, 2.05) is 12.1 Å². The molecule has 0 aliphatic heterocycles. The minimum atomic E-state index is -4.02. The maximum absolute atomic E-state index is 13.7. The number of hydrogen-bond donors (Lipinski definition) is 0. The summed E-state index contributed by atoms with van der Waals surface area (Å²) in [6.07, 6.45) is 8.54. The Morgan fingerprint density at radius 3 is 2.42 bits per heavy atom. The molecule has 1 heterocycles. The number of anilines is 1. The van der Waals surface area contributed by atoms with Crippen LogP contribution in [0.15, 0.2) is 57.8 Å². The lowest BCUT2D eigenvalue weighted by molar-refractivity contribution is -0.122. The van der Waals surface area contributed by atoms with Gasteiger partial charge in [0, 0.05) is 23.3 Å². The summed E-state index contributed by atoms with van der Waals surface area (Å²) in [5, 5.41) is 0.928. The molecule has 1 saturated carbocycles. The van der Waals surface area contributed by atoms with Crippen molar-refractivity contribution >= 4 is 32.6 Å². The van der Waals surface area contributed by atoms with Crippen molar-refractivity contribution in [1.82, 2.24) is 0 Å². The van der Waals surface area contributed by atoms with Crippen LogP contribution >= 0.6 is 0 Å². The van der Waals surface area contributed by atoms with Gasteiger partial charge in [0.1, 0.15) is 11.3 Å². The Labute approximate surface area is 183 Å². The van der Waals surface area contributed by atoms with Gasteiger partial charge in [-0.25, -0.2) is 12.7 Å². The number of carbonyl (C=O) groups is 1. The number of furan rings is 1. The predicted octanol–water partition coefficient (Wildman–Crippen LogP) is 5.61. The molecule has 6 heteroatoms. The topological polar surface area (TPSA) is 67.6 Å². The number of hydrogen-bond acceptors (Lipinski definition) is 4. The largest absolute Gasteiger partial charge is 0.461 e. The monoisotopic (exact) mass is 437 g/mol. The van der Waals surface area contributed by atoms with Gasteiger partial charge in [-0.15, -0.1) is 0 Å². The second kappa shape index (κ2) is 8.15. The van der Waals surface area contributed by atoms with E-state index < -0.39 is 10.0 Å². The molecule has 1 fully saturated rings. The number of nitrogens with zero attached hydrogens (tertiary/aromatic N) is 1. The first-order chi connectivity index (χ1) is 15.1. The van der Waals surface area contributed by atoms with Gasteiger partial charge in [-0.1, -0.05) is 37.5 Å². The third-order valence-corrected chi connectivity index (χ3v) is 8.35. The summed E-state index contributed by atoms with van der Waals surface area (Å²) in [5.74, 6) is 0.413. The lowest BCUT2D eigenvalue weighted by Gasteiger charge is -2.29. The number of carbonyl (C=O) groups excluding carboxylic acids is 1. The van der Waals surface area contributed by atoms with Crippen LogP contribution in [0.2, 0.25) is 0 Å². The summed E-state index contributed by atoms with van der Waals surface area (Å²) in [6.45, 7) is 0. The molecule has 2 aliphatic rings. The van der Waals surface area contributed by atoms with Crippen molar-refractivity contribution in [3.05, 3.63) is 59.9 Å². The summed E-state index contributed by atoms with van der Waals surface area (Å²) < 4.78 is 34.4. The number of aryl methyl sites for hydroxylation is 2. The molecule has 0 unspecified atom stereocenters. The van der Waals surface area contributed by atoms with E-state index in [0.29, 0.717) is 5.69 Å². The van der Waals surface area contributed by atoms with E-state index in [2.05, 4.69) is 0 Å². The average Bonchev–Trinajstić information content (AvgIpc) is 3.18. The Morgan fingerprint density at radius 2 is 1.65 bits per heavy atom. The number of rotatable bonds is 4. The fraction of sp³-hybridized carbons (Fsp3) is 0.400. The molecule has 1 amide bonds. The van der Waals surface area contributed by atoms with E-state index in [-0.39, 0.29) is 16.7 Å². The number of amides is 1. The smallest absolute Gasteiger partial charge is 0.270 e. The van der Waals surface area contributed by atoms with E-state index in [1.54, 1.807) is 36.4 Å². The molecular formula is C25H27NO4S. The molecule has 162 valence electrons. The zero-order chi connectivity index (χ0) is 21.4. The van der Waals surface area contributed by atoms with Gasteiger partial charge >= 0.3 is 0 Å². The van der Waals surface area contributed by atoms with Gasteiger partial charge in [0.2, 0.25) is 5.91 Å². The zero-order valence-electron chi connectivity index (χ0n) is 17.5. The van der Waals surface area contributed by atoms with Crippen molar-refractivity contribution in [2.24, 2.45) is 5.92 Å². The Hall–Kier alpha value is -2.60. The van der Waals surface area contributed by atoms with Gasteiger partial charge in [0.15, 0.2) is 0 Å². The molecule has 3 aromatic rings. The van der Waals surface area contributed by atoms with Gasteiger partial charge < -0.3 is 4.42 Å². The first-order valence-electron chi connectivity index (χ1n) is 11.2. The maximum atomic E-state index is 13.7. The highest BCUT2D eigenvalue weighted by atomic mass is 32.2. The van der Waals surface area contributed by atoms with Crippen LogP contribution in [-0.4, -0.2) is 14.3 Å². The summed E-state index contributed by atoms with van der Waals surface area (Å²) in [6, 6.07) is 13.6. The molecule has 31 heavy (non-hydrogen) atoms. The fourth-order valence-corrected chi connectivity index (χ4v) is 6.46. The number of benzene rings is 2. The molecule has 0 atom stereocenters. The van der Waals surface area contributed by atoms with Crippen LogP contribution in [0.25, 0.3) is 11.0 Å². The zero-order valence-corrected chi connectivity index (χ0v) is 18.4. The predicted molar refractivity (Wildman–Crippen MR) is 121 cm³/mol. The molecule has 2 aliphatic carbocycles. The Bertz CT molecular complexity index is 1210. The summed E-state index contributed by atoms with van der Waals surface area (Å²) >= 11 is 0. The lowest BCUT2D eigenvalue weighted by Crippen LogP contribution is -2.41. The highest BCUT2D eigenvalue weighted by Gasteiger charge is 2.36. The minimum absolute atomic E-state index is 0.133. The summed E-state index contributed by atoms with van der Waals surface area (Å²) in [5.41, 5.74) is 2.32. The van der Waals surface area contributed by atoms with E-state index in [4.69, 9.17) is 4.42 Å². The molecule has 0 saturated heterocycles. The normalized spacial score (nSPS) is 17.4. The average molecular weight is 438 g/mol. The molecule has 0 radical (unpaired) electrons. The van der Waals surface area contributed by atoms with Crippen molar-refractivity contribution in [2.75, 3.05) is 4.31 Å². The molecular weight excluding hydrogens is 410 g/mol. The van der Waals surface area contributed by atoms with Crippen molar-refractivity contribution in [3.8, 4) is 0 Å². The van der Waals surface area contributed by atoms with Crippen LogP contribution in [0.3, 0.4) is 0 Å². The van der Waals surface area contributed by atoms with Crippen LogP contribution in [0.1, 0.15) is 56.3 Å². The van der Waals surface area contributed by atoms with E-state index in [9.17, 15) is 13.2 Å². The fourth-order valence-electron chi connectivity index (χ4n) is 4.97. The van der Waals surface area contributed by atoms with Crippen molar-refractivity contribution < 1.29 is 17.6 Å². The first-order valence-corrected chi connectivity index (χ1v) is 12.7. The van der Waals surface area contributed by atoms with E-state index in [0.717, 1.165) is 84.4 Å². The number of fused-ring (bicyclic) bond motifs is 3. The molecule has 0 spiro atoms. The molecule has 5 nitrogen and oxygen atoms in total. The Morgan fingerprint density at radius 1 is 0.903 bits per heavy atom. The maximum Gasteiger partial charge on any atom is 0.270 e. The van der Waals surface area contributed by atoms with Crippen LogP contribution in [0.4, 0.5) is 5.69 Å². The lowest BCUT2D eigenvalue weighted by atomic mass is 9.88. The first kappa shape index (κ1) is 20.3. The van der Waals surface area contributed by atoms with Gasteiger partial charge in [-0.3, -0.25) is 4.79 Å². The minimum Gasteiger partial charge on any atom is -0.461 e. The molecule has 5 rings (SSSR count). The van der Waals surface area contributed by atoms with E-state index >= 15 is 0 Å². The van der Waals surface area contributed by atoms with E-state index in [1.165, 1.54) is 0 Å². The third kappa shape index (κ3) is 3.67. The van der Waals surface area contributed by atoms with Crippen molar-refractivity contribution in [2.45, 2.75) is 62.7 Å². The Balaban J connectivity index is 1.64. The SMILES string of the molecule is O=C(C1CCCCC1)N(c1ccc2oc3c(c2c1)CCCC3)S(=O)(=O)c1ccccc1. The van der Waals surface area contributed by atoms with Gasteiger partial charge in [0.05, 0.1) is 10.6 Å². The number of sulfonamides is 1. The van der Waals surface area contributed by atoms with Crippen LogP contribution in [0.5, 0.6) is 0 Å². The van der Waals surface area contributed by atoms with Gasteiger partial charge in [0.25, 0.3) is 10.0 Å². The van der Waals surface area contributed by atoms with Crippen LogP contribution in [0, 0.1) is 5.92 Å². The second-order valence-corrected chi connectivity index (χ2v) is 10.4.